The lowest BCUT2D eigenvalue weighted by molar-refractivity contribution is 0.0525. The summed E-state index contributed by atoms with van der Waals surface area (Å²) in [4.78, 5) is 0. The normalized spacial score (nSPS) is 20.8. The monoisotopic (exact) mass is 273 g/mol. The Hall–Kier alpha value is -0.450. The first kappa shape index (κ1) is 11.0. The molecule has 1 aliphatic heterocycles. The van der Waals surface area contributed by atoms with Crippen molar-refractivity contribution in [1.29, 1.82) is 0 Å². The van der Waals surface area contributed by atoms with Crippen LogP contribution in [0.2, 0.25) is 0 Å². The zero-order valence-electron chi connectivity index (χ0n) is 8.30. The highest BCUT2D eigenvalue weighted by atomic mass is 79.9. The van der Waals surface area contributed by atoms with Crippen molar-refractivity contribution < 1.29 is 9.13 Å². The largest absolute Gasteiger partial charge is 0.372 e. The van der Waals surface area contributed by atoms with Crippen LogP contribution in [0, 0.1) is 5.82 Å². The zero-order chi connectivity index (χ0) is 10.7. The van der Waals surface area contributed by atoms with Gasteiger partial charge >= 0.3 is 0 Å². The minimum atomic E-state index is -0.219. The Morgan fingerprint density at radius 3 is 3.13 bits per heavy atom. The van der Waals surface area contributed by atoms with E-state index in [9.17, 15) is 4.39 Å². The summed E-state index contributed by atoms with van der Waals surface area (Å²) in [6, 6.07) is 5.26. The van der Waals surface area contributed by atoms with E-state index in [1.54, 1.807) is 12.1 Å². The lowest BCUT2D eigenvalue weighted by atomic mass is 10.2. The highest BCUT2D eigenvalue weighted by molar-refractivity contribution is 9.10. The molecule has 1 aliphatic rings. The third-order valence-corrected chi connectivity index (χ3v) is 3.13. The molecule has 0 aromatic heterocycles. The van der Waals surface area contributed by atoms with Crippen LogP contribution in [0.4, 0.5) is 4.39 Å². The molecule has 15 heavy (non-hydrogen) atoms. The van der Waals surface area contributed by atoms with Gasteiger partial charge in [0.25, 0.3) is 0 Å². The molecule has 1 saturated heterocycles. The first-order valence-corrected chi connectivity index (χ1v) is 5.82. The Balaban J connectivity index is 1.95. The number of nitrogens with one attached hydrogen (secondary N) is 1. The van der Waals surface area contributed by atoms with Crippen molar-refractivity contribution in [2.45, 2.75) is 19.1 Å². The van der Waals surface area contributed by atoms with Crippen molar-refractivity contribution in [2.75, 3.05) is 13.1 Å². The Morgan fingerprint density at radius 1 is 1.53 bits per heavy atom. The predicted molar refractivity (Wildman–Crippen MR) is 60.2 cm³/mol. The second-order valence-corrected chi connectivity index (χ2v) is 4.49. The van der Waals surface area contributed by atoms with E-state index in [-0.39, 0.29) is 11.9 Å². The van der Waals surface area contributed by atoms with Gasteiger partial charge in [0, 0.05) is 12.1 Å². The molecule has 1 aromatic carbocycles. The molecular weight excluding hydrogens is 261 g/mol. The maximum absolute atomic E-state index is 13.5. The molecule has 2 rings (SSSR count). The summed E-state index contributed by atoms with van der Waals surface area (Å²) < 4.78 is 19.6. The van der Waals surface area contributed by atoms with Gasteiger partial charge in [-0.25, -0.2) is 4.39 Å². The van der Waals surface area contributed by atoms with Crippen LogP contribution >= 0.6 is 15.9 Å². The molecule has 1 N–H and O–H groups in total. The van der Waals surface area contributed by atoms with Gasteiger partial charge in [0.1, 0.15) is 5.82 Å². The fourth-order valence-electron chi connectivity index (χ4n) is 1.64. The van der Waals surface area contributed by atoms with Crippen molar-refractivity contribution in [3.63, 3.8) is 0 Å². The summed E-state index contributed by atoms with van der Waals surface area (Å²) in [6.45, 7) is 2.21. The smallest absolute Gasteiger partial charge is 0.142 e. The molecule has 0 saturated carbocycles. The summed E-state index contributed by atoms with van der Waals surface area (Å²) in [5.74, 6) is -0.219. The molecule has 82 valence electrons. The second-order valence-electron chi connectivity index (χ2n) is 3.64. The molecule has 4 heteroatoms. The molecule has 1 atom stereocenters. The van der Waals surface area contributed by atoms with Crippen LogP contribution in [-0.4, -0.2) is 19.2 Å². The first-order chi connectivity index (χ1) is 7.27. The number of hydrogen-bond donors (Lipinski definition) is 1. The maximum atomic E-state index is 13.5. The average Bonchev–Trinajstić information content (AvgIpc) is 2.73. The van der Waals surface area contributed by atoms with Crippen LogP contribution in [0.25, 0.3) is 0 Å². The van der Waals surface area contributed by atoms with Gasteiger partial charge in [-0.1, -0.05) is 12.1 Å². The molecule has 0 aliphatic carbocycles. The number of halogens is 2. The number of benzene rings is 1. The van der Waals surface area contributed by atoms with E-state index in [0.29, 0.717) is 16.6 Å². The molecule has 2 nitrogen and oxygen atoms in total. The number of ether oxygens (including phenoxy) is 1. The Morgan fingerprint density at radius 2 is 2.40 bits per heavy atom. The topological polar surface area (TPSA) is 21.3 Å². The van der Waals surface area contributed by atoms with Gasteiger partial charge in [-0.05, 0) is 35.0 Å². The van der Waals surface area contributed by atoms with Crippen molar-refractivity contribution in [3.8, 4) is 0 Å². The van der Waals surface area contributed by atoms with Crippen molar-refractivity contribution >= 4 is 15.9 Å². The number of hydrogen-bond acceptors (Lipinski definition) is 2. The average molecular weight is 274 g/mol. The van der Waals surface area contributed by atoms with Crippen LogP contribution in [0.1, 0.15) is 12.0 Å². The van der Waals surface area contributed by atoms with Gasteiger partial charge in [0.2, 0.25) is 0 Å². The SMILES string of the molecule is Fc1c(Br)cccc1COC1CCNC1. The van der Waals surface area contributed by atoms with Gasteiger partial charge in [0.05, 0.1) is 17.2 Å². The fraction of sp³-hybridized carbons (Fsp3) is 0.455. The van der Waals surface area contributed by atoms with Crippen LogP contribution < -0.4 is 5.32 Å². The summed E-state index contributed by atoms with van der Waals surface area (Å²) in [5.41, 5.74) is 0.608. The van der Waals surface area contributed by atoms with Gasteiger partial charge in [-0.3, -0.25) is 0 Å². The van der Waals surface area contributed by atoms with Crippen LogP contribution in [0.3, 0.4) is 0 Å². The van der Waals surface area contributed by atoms with Crippen molar-refractivity contribution in [3.05, 3.63) is 34.1 Å². The van der Waals surface area contributed by atoms with E-state index >= 15 is 0 Å². The van der Waals surface area contributed by atoms with Crippen LogP contribution in [0.5, 0.6) is 0 Å². The minimum absolute atomic E-state index is 0.219. The van der Waals surface area contributed by atoms with Gasteiger partial charge < -0.3 is 10.1 Å². The van der Waals surface area contributed by atoms with E-state index in [2.05, 4.69) is 21.2 Å². The molecule has 0 spiro atoms. The second kappa shape index (κ2) is 5.05. The number of rotatable bonds is 3. The summed E-state index contributed by atoms with van der Waals surface area (Å²) in [7, 11) is 0. The molecular formula is C11H13BrFNO. The van der Waals surface area contributed by atoms with Crippen molar-refractivity contribution in [2.24, 2.45) is 0 Å². The van der Waals surface area contributed by atoms with Crippen LogP contribution in [-0.2, 0) is 11.3 Å². The fourth-order valence-corrected chi connectivity index (χ4v) is 2.05. The molecule has 1 heterocycles. The van der Waals surface area contributed by atoms with Crippen molar-refractivity contribution in [1.82, 2.24) is 5.32 Å². The Bertz CT molecular complexity index is 339. The molecule has 0 bridgehead atoms. The van der Waals surface area contributed by atoms with E-state index in [1.807, 2.05) is 6.07 Å². The van der Waals surface area contributed by atoms with Gasteiger partial charge in [0.15, 0.2) is 0 Å². The highest BCUT2D eigenvalue weighted by Gasteiger charge is 2.15. The van der Waals surface area contributed by atoms with E-state index in [4.69, 9.17) is 4.74 Å². The molecule has 0 amide bonds. The van der Waals surface area contributed by atoms with Gasteiger partial charge in [-0.15, -0.1) is 0 Å². The third kappa shape index (κ3) is 2.77. The molecule has 1 fully saturated rings. The molecule has 1 aromatic rings. The predicted octanol–water partition coefficient (Wildman–Crippen LogP) is 2.47. The quantitative estimate of drug-likeness (QED) is 0.914. The summed E-state index contributed by atoms with van der Waals surface area (Å²) in [5, 5.41) is 3.21. The third-order valence-electron chi connectivity index (χ3n) is 2.52. The lowest BCUT2D eigenvalue weighted by Crippen LogP contribution is -2.16. The standard InChI is InChI=1S/C11H13BrFNO/c12-10-3-1-2-8(11(10)13)7-15-9-4-5-14-6-9/h1-3,9,14H,4-7H2. The molecule has 0 radical (unpaired) electrons. The van der Waals surface area contributed by atoms with Crippen LogP contribution in [0.15, 0.2) is 22.7 Å². The molecule has 1 unspecified atom stereocenters. The lowest BCUT2D eigenvalue weighted by Gasteiger charge is -2.11. The first-order valence-electron chi connectivity index (χ1n) is 5.02. The Kier molecular flexibility index (Phi) is 3.72. The minimum Gasteiger partial charge on any atom is -0.372 e. The summed E-state index contributed by atoms with van der Waals surface area (Å²) in [6.07, 6.45) is 1.23. The maximum Gasteiger partial charge on any atom is 0.142 e. The van der Waals surface area contributed by atoms with E-state index in [1.165, 1.54) is 0 Å². The zero-order valence-corrected chi connectivity index (χ0v) is 9.89. The Labute approximate surface area is 96.9 Å². The summed E-state index contributed by atoms with van der Waals surface area (Å²) >= 11 is 3.16. The van der Waals surface area contributed by atoms with Gasteiger partial charge in [-0.2, -0.15) is 0 Å². The highest BCUT2D eigenvalue weighted by Crippen LogP contribution is 2.20. The van der Waals surface area contributed by atoms with E-state index in [0.717, 1.165) is 19.5 Å². The van der Waals surface area contributed by atoms with E-state index < -0.39 is 0 Å².